The van der Waals surface area contributed by atoms with Crippen molar-refractivity contribution in [2.75, 3.05) is 5.32 Å². The summed E-state index contributed by atoms with van der Waals surface area (Å²) in [6.45, 7) is 1.89. The molecule has 0 saturated carbocycles. The number of pyridine rings is 1. The third kappa shape index (κ3) is 3.61. The van der Waals surface area contributed by atoms with Crippen molar-refractivity contribution in [2.24, 2.45) is 5.73 Å². The molecule has 30 heavy (non-hydrogen) atoms. The lowest BCUT2D eigenvalue weighted by molar-refractivity contribution is 0.100. The molecule has 4 aromatic rings. The highest BCUT2D eigenvalue weighted by molar-refractivity contribution is 9.10. The minimum absolute atomic E-state index is 0.0161. The van der Waals surface area contributed by atoms with Crippen LogP contribution in [0.2, 0.25) is 0 Å². The van der Waals surface area contributed by atoms with Crippen molar-refractivity contribution < 1.29 is 18.4 Å². The van der Waals surface area contributed by atoms with E-state index in [0.29, 0.717) is 20.3 Å². The first kappa shape index (κ1) is 20.6. The van der Waals surface area contributed by atoms with Crippen LogP contribution in [0, 0.1) is 6.92 Å². The van der Waals surface area contributed by atoms with Crippen LogP contribution in [0.1, 0.15) is 37.2 Å². The van der Waals surface area contributed by atoms with Gasteiger partial charge in [0.1, 0.15) is 21.1 Å². The number of nitrogens with one attached hydrogen (secondary N) is 2. The molecule has 154 valence electrons. The fourth-order valence-corrected chi connectivity index (χ4v) is 5.18. The molecule has 12 heteroatoms. The Kier molecular flexibility index (Phi) is 5.38. The van der Waals surface area contributed by atoms with Crippen LogP contribution in [0.15, 0.2) is 28.9 Å². The summed E-state index contributed by atoms with van der Waals surface area (Å²) in [7, 11) is 0. The van der Waals surface area contributed by atoms with Gasteiger partial charge in [-0.25, -0.2) is 13.8 Å². The minimum Gasteiger partial charge on any atom is -0.365 e. The Morgan fingerprint density at radius 3 is 2.63 bits per heavy atom. The quantitative estimate of drug-likeness (QED) is 0.345. The zero-order valence-corrected chi connectivity index (χ0v) is 18.3. The molecule has 7 nitrogen and oxygen atoms in total. The first-order valence-corrected chi connectivity index (χ1v) is 10.8. The van der Waals surface area contributed by atoms with Gasteiger partial charge in [-0.15, -0.1) is 22.7 Å². The van der Waals surface area contributed by atoms with Crippen LogP contribution in [0.25, 0.3) is 20.7 Å². The van der Waals surface area contributed by atoms with Crippen LogP contribution in [0.5, 0.6) is 0 Å². The second kappa shape index (κ2) is 7.85. The van der Waals surface area contributed by atoms with E-state index in [0.717, 1.165) is 16.2 Å². The van der Waals surface area contributed by atoms with E-state index in [1.807, 2.05) is 13.0 Å². The molecule has 0 aliphatic carbocycles. The number of aryl methyl sites for hydroxylation is 1. The smallest absolute Gasteiger partial charge is 0.280 e. The Morgan fingerprint density at radius 2 is 2.07 bits per heavy atom. The number of aromatic amines is 1. The fraction of sp³-hybridized carbons (Fsp3) is 0.111. The maximum atomic E-state index is 13.5. The number of hydrogen-bond acceptors (Lipinski definition) is 6. The molecule has 0 unspecified atom stereocenters. The molecule has 0 aliphatic heterocycles. The predicted octanol–water partition coefficient (Wildman–Crippen LogP) is 5.11. The van der Waals surface area contributed by atoms with E-state index >= 15 is 0 Å². The van der Waals surface area contributed by atoms with E-state index in [1.54, 1.807) is 6.07 Å². The Balaban J connectivity index is 1.98. The average molecular weight is 512 g/mol. The molecule has 0 aliphatic rings. The van der Waals surface area contributed by atoms with Gasteiger partial charge in [-0.05, 0) is 41.1 Å². The molecule has 0 spiro atoms. The average Bonchev–Trinajstić information content (AvgIpc) is 3.39. The second-order valence-corrected chi connectivity index (χ2v) is 9.34. The lowest BCUT2D eigenvalue weighted by Crippen LogP contribution is -2.17. The number of anilines is 1. The van der Waals surface area contributed by atoms with Gasteiger partial charge in [0.05, 0.1) is 16.4 Å². The molecule has 2 amide bonds. The minimum atomic E-state index is -2.80. The molecule has 0 aromatic carbocycles. The van der Waals surface area contributed by atoms with E-state index in [2.05, 4.69) is 36.4 Å². The number of fused-ring (bicyclic) bond motifs is 1. The summed E-state index contributed by atoms with van der Waals surface area (Å²) in [6, 6.07) is 4.93. The topological polar surface area (TPSA) is 114 Å². The number of nitrogens with zero attached hydrogens (tertiary/aromatic N) is 2. The number of alkyl halides is 2. The number of carbonyl (C=O) groups is 2. The van der Waals surface area contributed by atoms with Crippen molar-refractivity contribution in [1.82, 2.24) is 15.2 Å². The van der Waals surface area contributed by atoms with Crippen molar-refractivity contribution in [3.63, 3.8) is 0 Å². The van der Waals surface area contributed by atoms with Gasteiger partial charge in [0.15, 0.2) is 0 Å². The molecular weight excluding hydrogens is 500 g/mol. The van der Waals surface area contributed by atoms with Crippen LogP contribution in [-0.4, -0.2) is 27.0 Å². The van der Waals surface area contributed by atoms with Gasteiger partial charge < -0.3 is 11.1 Å². The number of amides is 2. The van der Waals surface area contributed by atoms with E-state index < -0.39 is 23.9 Å². The summed E-state index contributed by atoms with van der Waals surface area (Å²) < 4.78 is 27.4. The molecule has 4 rings (SSSR count). The van der Waals surface area contributed by atoms with E-state index in [1.165, 1.54) is 23.6 Å². The Morgan fingerprint density at radius 1 is 1.30 bits per heavy atom. The van der Waals surface area contributed by atoms with Crippen molar-refractivity contribution in [1.29, 1.82) is 0 Å². The highest BCUT2D eigenvalue weighted by atomic mass is 79.9. The van der Waals surface area contributed by atoms with Crippen molar-refractivity contribution in [3.8, 4) is 10.4 Å². The molecular formula is C18H12BrF2N5O2S2. The number of primary amides is 1. The molecule has 0 radical (unpaired) electrons. The van der Waals surface area contributed by atoms with Gasteiger partial charge in [-0.3, -0.25) is 14.7 Å². The normalized spacial score (nSPS) is 11.4. The van der Waals surface area contributed by atoms with Crippen LogP contribution in [0.3, 0.4) is 0 Å². The Hall–Kier alpha value is -2.70. The number of rotatable bonds is 5. The van der Waals surface area contributed by atoms with Gasteiger partial charge in [-0.2, -0.15) is 5.10 Å². The zero-order valence-electron chi connectivity index (χ0n) is 15.1. The first-order chi connectivity index (χ1) is 14.3. The summed E-state index contributed by atoms with van der Waals surface area (Å²) in [5.41, 5.74) is 5.79. The van der Waals surface area contributed by atoms with Gasteiger partial charge in [0.2, 0.25) is 0 Å². The molecule has 0 saturated heterocycles. The number of carbonyl (C=O) groups excluding carboxylic acids is 2. The third-order valence-electron chi connectivity index (χ3n) is 4.19. The molecule has 0 fully saturated rings. The Labute approximate surface area is 184 Å². The lowest BCUT2D eigenvalue weighted by atomic mass is 10.1. The summed E-state index contributed by atoms with van der Waals surface area (Å²) in [5.74, 6) is -1.38. The summed E-state index contributed by atoms with van der Waals surface area (Å²) in [4.78, 5) is 30.7. The number of hydrogen-bond donors (Lipinski definition) is 3. The van der Waals surface area contributed by atoms with Crippen LogP contribution in [0.4, 0.5) is 14.5 Å². The maximum Gasteiger partial charge on any atom is 0.280 e. The molecule has 0 bridgehead atoms. The Bertz CT molecular complexity index is 1300. The van der Waals surface area contributed by atoms with E-state index in [4.69, 9.17) is 5.73 Å². The van der Waals surface area contributed by atoms with E-state index in [9.17, 15) is 18.4 Å². The zero-order chi connectivity index (χ0) is 21.6. The molecule has 0 atom stereocenters. The largest absolute Gasteiger partial charge is 0.365 e. The highest BCUT2D eigenvalue weighted by Crippen LogP contribution is 2.44. The number of aromatic nitrogens is 3. The van der Waals surface area contributed by atoms with Crippen molar-refractivity contribution >= 4 is 66.3 Å². The number of nitrogens with two attached hydrogens (primary N) is 1. The standard InChI is InChI=1S/C18H12BrF2N5O2S2/c1-6-2-3-10(29-6)7-4-9(15(20)21)24-18-11(7)13(14(30-18)16(22)27)25-17(28)12-8(19)5-23-26-12/h2-5,15H,1H3,(H2,22,27)(H,23,26)(H,25,28). The van der Waals surface area contributed by atoms with Crippen LogP contribution in [-0.2, 0) is 0 Å². The van der Waals surface area contributed by atoms with Gasteiger partial charge >= 0.3 is 0 Å². The maximum absolute atomic E-state index is 13.5. The SMILES string of the molecule is Cc1ccc(-c2cc(C(F)F)nc3sc(C(N)=O)c(NC(=O)c4[nH]ncc4Br)c23)s1. The van der Waals surface area contributed by atoms with Gasteiger partial charge in [-0.1, -0.05) is 0 Å². The summed E-state index contributed by atoms with van der Waals surface area (Å²) in [6.07, 6.45) is -1.39. The van der Waals surface area contributed by atoms with E-state index in [-0.39, 0.29) is 21.1 Å². The first-order valence-electron chi connectivity index (χ1n) is 8.38. The molecule has 4 aromatic heterocycles. The lowest BCUT2D eigenvalue weighted by Gasteiger charge is -2.09. The highest BCUT2D eigenvalue weighted by Gasteiger charge is 2.26. The fourth-order valence-electron chi connectivity index (χ4n) is 2.90. The van der Waals surface area contributed by atoms with Crippen molar-refractivity contribution in [2.45, 2.75) is 13.3 Å². The van der Waals surface area contributed by atoms with Crippen LogP contribution >= 0.6 is 38.6 Å². The van der Waals surface area contributed by atoms with Gasteiger partial charge in [0, 0.05) is 20.7 Å². The monoisotopic (exact) mass is 511 g/mol. The summed E-state index contributed by atoms with van der Waals surface area (Å²) >= 11 is 5.47. The second-order valence-electron chi connectivity index (χ2n) is 6.20. The predicted molar refractivity (Wildman–Crippen MR) is 115 cm³/mol. The van der Waals surface area contributed by atoms with Gasteiger partial charge in [0.25, 0.3) is 18.2 Å². The third-order valence-corrected chi connectivity index (χ3v) is 6.93. The number of thiophene rings is 2. The van der Waals surface area contributed by atoms with Crippen molar-refractivity contribution in [3.05, 3.63) is 50.0 Å². The molecule has 4 heterocycles. The molecule has 4 N–H and O–H groups in total. The van der Waals surface area contributed by atoms with Crippen LogP contribution < -0.4 is 11.1 Å². The number of halogens is 3. The number of H-pyrrole nitrogens is 1. The summed E-state index contributed by atoms with van der Waals surface area (Å²) in [5, 5.41) is 9.38.